The predicted molar refractivity (Wildman–Crippen MR) is 68.1 cm³/mol. The molecular weight excluding hydrogens is 220 g/mol. The van der Waals surface area contributed by atoms with Crippen LogP contribution in [0.4, 0.5) is 0 Å². The standard InChI is InChI=1S/C13H17ClN2/c1-3-11-4-5-12(13(14)8-11)9-16-7-6-15-10(16)2/h4-8,10,15H,3,9H2,1-2H3. The molecule has 0 amide bonds. The second-order valence-corrected chi connectivity index (χ2v) is 4.52. The van der Waals surface area contributed by atoms with Crippen molar-refractivity contribution in [1.29, 1.82) is 0 Å². The van der Waals surface area contributed by atoms with Gasteiger partial charge in [0.25, 0.3) is 0 Å². The summed E-state index contributed by atoms with van der Waals surface area (Å²) in [5.41, 5.74) is 2.47. The molecule has 1 aliphatic rings. The Morgan fingerprint density at radius 2 is 2.25 bits per heavy atom. The van der Waals surface area contributed by atoms with Crippen molar-refractivity contribution < 1.29 is 0 Å². The summed E-state index contributed by atoms with van der Waals surface area (Å²) in [4.78, 5) is 2.23. The molecule has 0 bridgehead atoms. The minimum Gasteiger partial charge on any atom is -0.370 e. The van der Waals surface area contributed by atoms with Gasteiger partial charge in [0.05, 0.1) is 6.17 Å². The zero-order valence-corrected chi connectivity index (χ0v) is 10.5. The van der Waals surface area contributed by atoms with Crippen LogP contribution in [0.1, 0.15) is 25.0 Å². The van der Waals surface area contributed by atoms with Crippen LogP contribution in [0.15, 0.2) is 30.6 Å². The summed E-state index contributed by atoms with van der Waals surface area (Å²) >= 11 is 6.26. The number of aryl methyl sites for hydroxylation is 1. The lowest BCUT2D eigenvalue weighted by molar-refractivity contribution is 0.290. The van der Waals surface area contributed by atoms with Crippen molar-refractivity contribution in [3.8, 4) is 0 Å². The first kappa shape index (κ1) is 11.3. The molecule has 0 saturated carbocycles. The van der Waals surface area contributed by atoms with Crippen LogP contribution in [-0.4, -0.2) is 11.1 Å². The molecule has 0 radical (unpaired) electrons. The van der Waals surface area contributed by atoms with Crippen LogP contribution >= 0.6 is 11.6 Å². The average molecular weight is 237 g/mol. The van der Waals surface area contributed by atoms with Gasteiger partial charge in [-0.1, -0.05) is 30.7 Å². The molecule has 0 fully saturated rings. The van der Waals surface area contributed by atoms with Crippen LogP contribution in [0, 0.1) is 0 Å². The highest BCUT2D eigenvalue weighted by atomic mass is 35.5. The highest BCUT2D eigenvalue weighted by molar-refractivity contribution is 6.31. The molecule has 1 heterocycles. The van der Waals surface area contributed by atoms with Gasteiger partial charge in [-0.25, -0.2) is 0 Å². The van der Waals surface area contributed by atoms with Gasteiger partial charge < -0.3 is 10.2 Å². The highest BCUT2D eigenvalue weighted by Gasteiger charge is 2.14. The maximum atomic E-state index is 6.26. The van der Waals surface area contributed by atoms with Gasteiger partial charge >= 0.3 is 0 Å². The Bertz CT molecular complexity index is 401. The quantitative estimate of drug-likeness (QED) is 0.868. The summed E-state index contributed by atoms with van der Waals surface area (Å²) in [6.45, 7) is 5.13. The van der Waals surface area contributed by atoms with Crippen LogP contribution in [0.3, 0.4) is 0 Å². The van der Waals surface area contributed by atoms with Gasteiger partial charge in [0.1, 0.15) is 0 Å². The van der Waals surface area contributed by atoms with Gasteiger partial charge in [-0.05, 0) is 30.5 Å². The SMILES string of the molecule is CCc1ccc(CN2C=CNC2C)c(Cl)c1. The van der Waals surface area contributed by atoms with E-state index in [9.17, 15) is 0 Å². The fourth-order valence-electron chi connectivity index (χ4n) is 1.83. The number of halogens is 1. The molecule has 1 unspecified atom stereocenters. The van der Waals surface area contributed by atoms with E-state index in [0.717, 1.165) is 18.0 Å². The first-order valence-electron chi connectivity index (χ1n) is 5.66. The Morgan fingerprint density at radius 3 is 2.81 bits per heavy atom. The van der Waals surface area contributed by atoms with Gasteiger partial charge in [0, 0.05) is 24.0 Å². The molecular formula is C13H17ClN2. The average Bonchev–Trinajstić information content (AvgIpc) is 2.67. The van der Waals surface area contributed by atoms with Gasteiger partial charge in [-0.2, -0.15) is 0 Å². The van der Waals surface area contributed by atoms with Crippen molar-refractivity contribution in [2.45, 2.75) is 33.0 Å². The first-order valence-corrected chi connectivity index (χ1v) is 6.04. The molecule has 1 aromatic rings. The van der Waals surface area contributed by atoms with Crippen LogP contribution in [-0.2, 0) is 13.0 Å². The Hall–Kier alpha value is -1.15. The fraction of sp³-hybridized carbons (Fsp3) is 0.385. The van der Waals surface area contributed by atoms with Crippen LogP contribution < -0.4 is 5.32 Å². The van der Waals surface area contributed by atoms with Crippen molar-refractivity contribution >= 4 is 11.6 Å². The van der Waals surface area contributed by atoms with Crippen LogP contribution in [0.25, 0.3) is 0 Å². The molecule has 1 aromatic carbocycles. The van der Waals surface area contributed by atoms with Gasteiger partial charge in [0.15, 0.2) is 0 Å². The van der Waals surface area contributed by atoms with Crippen LogP contribution in [0.2, 0.25) is 5.02 Å². The van der Waals surface area contributed by atoms with Crippen molar-refractivity contribution in [2.75, 3.05) is 0 Å². The molecule has 1 N–H and O–H groups in total. The second kappa shape index (κ2) is 4.79. The van der Waals surface area contributed by atoms with Gasteiger partial charge in [-0.15, -0.1) is 0 Å². The first-order chi connectivity index (χ1) is 7.70. The second-order valence-electron chi connectivity index (χ2n) is 4.11. The number of nitrogens with zero attached hydrogens (tertiary/aromatic N) is 1. The Balaban J connectivity index is 2.12. The number of benzene rings is 1. The lowest BCUT2D eigenvalue weighted by Crippen LogP contribution is -2.31. The maximum absolute atomic E-state index is 6.26. The van der Waals surface area contributed by atoms with Crippen LogP contribution in [0.5, 0.6) is 0 Å². The predicted octanol–water partition coefficient (Wildman–Crippen LogP) is 3.12. The number of hydrogen-bond acceptors (Lipinski definition) is 2. The number of hydrogen-bond donors (Lipinski definition) is 1. The summed E-state index contributed by atoms with van der Waals surface area (Å²) in [6, 6.07) is 6.34. The molecule has 2 rings (SSSR count). The largest absolute Gasteiger partial charge is 0.370 e. The molecule has 0 aliphatic carbocycles. The molecule has 0 spiro atoms. The zero-order chi connectivity index (χ0) is 11.5. The summed E-state index contributed by atoms with van der Waals surface area (Å²) in [7, 11) is 0. The molecule has 1 aliphatic heterocycles. The van der Waals surface area contributed by atoms with E-state index < -0.39 is 0 Å². The normalized spacial score (nSPS) is 18.9. The highest BCUT2D eigenvalue weighted by Crippen LogP contribution is 2.21. The Morgan fingerprint density at radius 1 is 1.44 bits per heavy atom. The van der Waals surface area contributed by atoms with Crippen molar-refractivity contribution in [1.82, 2.24) is 10.2 Å². The van der Waals surface area contributed by atoms with Gasteiger partial charge in [0.2, 0.25) is 0 Å². The summed E-state index contributed by atoms with van der Waals surface area (Å²) in [5.74, 6) is 0. The molecule has 16 heavy (non-hydrogen) atoms. The Labute approximate surface area is 102 Å². The molecule has 1 atom stereocenters. The molecule has 0 aromatic heterocycles. The lowest BCUT2D eigenvalue weighted by atomic mass is 10.1. The lowest BCUT2D eigenvalue weighted by Gasteiger charge is -2.22. The van der Waals surface area contributed by atoms with E-state index in [1.165, 1.54) is 11.1 Å². The third kappa shape index (κ3) is 2.33. The minimum atomic E-state index is 0.349. The van der Waals surface area contributed by atoms with E-state index in [4.69, 9.17) is 11.6 Å². The summed E-state index contributed by atoms with van der Waals surface area (Å²) in [5, 5.41) is 4.10. The summed E-state index contributed by atoms with van der Waals surface area (Å²) < 4.78 is 0. The topological polar surface area (TPSA) is 15.3 Å². The van der Waals surface area contributed by atoms with Crippen molar-refractivity contribution in [3.05, 3.63) is 46.7 Å². The van der Waals surface area contributed by atoms with Crippen molar-refractivity contribution in [3.63, 3.8) is 0 Å². The van der Waals surface area contributed by atoms with E-state index in [0.29, 0.717) is 6.17 Å². The van der Waals surface area contributed by atoms with Gasteiger partial charge in [-0.3, -0.25) is 0 Å². The summed E-state index contributed by atoms with van der Waals surface area (Å²) in [6.07, 6.45) is 5.41. The third-order valence-corrected chi connectivity index (χ3v) is 3.33. The molecule has 86 valence electrons. The Kier molecular flexibility index (Phi) is 3.39. The third-order valence-electron chi connectivity index (χ3n) is 2.98. The van der Waals surface area contributed by atoms with E-state index in [1.807, 2.05) is 6.20 Å². The smallest absolute Gasteiger partial charge is 0.0955 e. The molecule has 2 nitrogen and oxygen atoms in total. The monoisotopic (exact) mass is 236 g/mol. The molecule has 3 heteroatoms. The van der Waals surface area contributed by atoms with Crippen molar-refractivity contribution in [2.24, 2.45) is 0 Å². The number of rotatable bonds is 3. The minimum absolute atomic E-state index is 0.349. The van der Waals surface area contributed by atoms with E-state index in [2.05, 4.69) is 48.5 Å². The maximum Gasteiger partial charge on any atom is 0.0955 e. The zero-order valence-electron chi connectivity index (χ0n) is 9.70. The number of nitrogens with one attached hydrogen (secondary N) is 1. The van der Waals surface area contributed by atoms with E-state index in [-0.39, 0.29) is 0 Å². The molecule has 0 saturated heterocycles. The fourth-order valence-corrected chi connectivity index (χ4v) is 2.09. The van der Waals surface area contributed by atoms with E-state index >= 15 is 0 Å². The van der Waals surface area contributed by atoms with E-state index in [1.54, 1.807) is 0 Å².